The van der Waals surface area contributed by atoms with Crippen molar-refractivity contribution in [2.24, 2.45) is 0 Å². The van der Waals surface area contributed by atoms with Gasteiger partial charge in [-0.05, 0) is 12.1 Å². The largest absolute Gasteiger partial charge is 0.340 e. The number of benzene rings is 1. The van der Waals surface area contributed by atoms with Crippen LogP contribution in [0.3, 0.4) is 0 Å². The molecule has 19 heavy (non-hydrogen) atoms. The zero-order chi connectivity index (χ0) is 13.2. The van der Waals surface area contributed by atoms with Gasteiger partial charge in [0.1, 0.15) is 5.82 Å². The molecule has 3 rings (SSSR count). The standard InChI is InChI=1S/C12H12N6O/c1-18(12(19)10-6-13-17-16-10)7-11-14-8-4-2-3-5-9(8)15-11/h2-6H,7H2,1H3,(H,14,15)(H,13,16,17). The van der Waals surface area contributed by atoms with Gasteiger partial charge in [-0.25, -0.2) is 4.98 Å². The predicted molar refractivity (Wildman–Crippen MR) is 68.3 cm³/mol. The van der Waals surface area contributed by atoms with Gasteiger partial charge >= 0.3 is 0 Å². The molecule has 0 unspecified atom stereocenters. The van der Waals surface area contributed by atoms with E-state index in [2.05, 4.69) is 25.4 Å². The third-order valence-electron chi connectivity index (χ3n) is 2.81. The minimum atomic E-state index is -0.200. The molecular formula is C12H12N6O. The number of imidazole rings is 1. The van der Waals surface area contributed by atoms with Gasteiger partial charge in [-0.2, -0.15) is 15.4 Å². The molecule has 2 N–H and O–H groups in total. The van der Waals surface area contributed by atoms with Crippen molar-refractivity contribution in [3.63, 3.8) is 0 Å². The van der Waals surface area contributed by atoms with Crippen LogP contribution in [0.2, 0.25) is 0 Å². The lowest BCUT2D eigenvalue weighted by molar-refractivity contribution is 0.0776. The van der Waals surface area contributed by atoms with Crippen LogP contribution in [0.15, 0.2) is 30.5 Å². The number of amides is 1. The number of para-hydroxylation sites is 2. The summed E-state index contributed by atoms with van der Waals surface area (Å²) in [5.41, 5.74) is 2.14. The van der Waals surface area contributed by atoms with E-state index in [1.54, 1.807) is 7.05 Å². The number of carbonyl (C=O) groups is 1. The van der Waals surface area contributed by atoms with Crippen LogP contribution in [0.5, 0.6) is 0 Å². The molecule has 0 radical (unpaired) electrons. The fourth-order valence-electron chi connectivity index (χ4n) is 1.88. The highest BCUT2D eigenvalue weighted by Crippen LogP contribution is 2.11. The molecule has 0 saturated carbocycles. The zero-order valence-electron chi connectivity index (χ0n) is 10.3. The van der Waals surface area contributed by atoms with Crippen molar-refractivity contribution >= 4 is 16.9 Å². The molecule has 1 amide bonds. The molecule has 2 heterocycles. The first-order valence-electron chi connectivity index (χ1n) is 5.79. The second kappa shape index (κ2) is 4.52. The Kier molecular flexibility index (Phi) is 2.71. The summed E-state index contributed by atoms with van der Waals surface area (Å²) in [5.74, 6) is 0.537. The smallest absolute Gasteiger partial charge is 0.276 e. The molecule has 0 atom stereocenters. The van der Waals surface area contributed by atoms with E-state index < -0.39 is 0 Å². The third-order valence-corrected chi connectivity index (χ3v) is 2.81. The molecule has 0 aliphatic rings. The maximum absolute atomic E-state index is 12.0. The quantitative estimate of drug-likeness (QED) is 0.730. The number of fused-ring (bicyclic) bond motifs is 1. The van der Waals surface area contributed by atoms with Gasteiger partial charge in [0.05, 0.1) is 23.8 Å². The van der Waals surface area contributed by atoms with Crippen LogP contribution in [0.1, 0.15) is 16.3 Å². The van der Waals surface area contributed by atoms with Crippen molar-refractivity contribution in [3.8, 4) is 0 Å². The normalized spacial score (nSPS) is 10.8. The summed E-state index contributed by atoms with van der Waals surface area (Å²) in [4.78, 5) is 21.1. The highest BCUT2D eigenvalue weighted by atomic mass is 16.2. The molecule has 0 aliphatic heterocycles. The van der Waals surface area contributed by atoms with E-state index >= 15 is 0 Å². The van der Waals surface area contributed by atoms with E-state index in [-0.39, 0.29) is 5.91 Å². The molecule has 0 spiro atoms. The van der Waals surface area contributed by atoms with Crippen LogP contribution in [-0.4, -0.2) is 43.2 Å². The molecule has 0 bridgehead atoms. The number of carbonyl (C=O) groups excluding carboxylic acids is 1. The van der Waals surface area contributed by atoms with E-state index in [0.29, 0.717) is 12.2 Å². The van der Waals surface area contributed by atoms with Crippen molar-refractivity contribution in [2.45, 2.75) is 6.54 Å². The van der Waals surface area contributed by atoms with Gasteiger partial charge in [-0.1, -0.05) is 12.1 Å². The minimum Gasteiger partial charge on any atom is -0.340 e. The maximum atomic E-state index is 12.0. The summed E-state index contributed by atoms with van der Waals surface area (Å²) >= 11 is 0. The van der Waals surface area contributed by atoms with Gasteiger partial charge < -0.3 is 9.88 Å². The summed E-state index contributed by atoms with van der Waals surface area (Å²) in [7, 11) is 1.70. The fraction of sp³-hybridized carbons (Fsp3) is 0.167. The maximum Gasteiger partial charge on any atom is 0.276 e. The average molecular weight is 256 g/mol. The number of aromatic nitrogens is 5. The summed E-state index contributed by atoms with van der Waals surface area (Å²) in [6.45, 7) is 0.389. The van der Waals surface area contributed by atoms with Gasteiger partial charge in [-0.15, -0.1) is 0 Å². The van der Waals surface area contributed by atoms with E-state index in [0.717, 1.165) is 16.9 Å². The second-order valence-corrected chi connectivity index (χ2v) is 4.22. The number of hydrogen-bond donors (Lipinski definition) is 2. The first-order valence-corrected chi connectivity index (χ1v) is 5.79. The summed E-state index contributed by atoms with van der Waals surface area (Å²) in [6, 6.07) is 7.74. The molecule has 2 aromatic heterocycles. The van der Waals surface area contributed by atoms with Crippen LogP contribution < -0.4 is 0 Å². The van der Waals surface area contributed by atoms with E-state index in [1.807, 2.05) is 24.3 Å². The molecule has 7 nitrogen and oxygen atoms in total. The lowest BCUT2D eigenvalue weighted by atomic mass is 10.3. The van der Waals surface area contributed by atoms with Crippen molar-refractivity contribution in [3.05, 3.63) is 42.0 Å². The molecule has 7 heteroatoms. The van der Waals surface area contributed by atoms with Gasteiger partial charge in [0.25, 0.3) is 5.91 Å². The Bertz CT molecular complexity index is 669. The Morgan fingerprint density at radius 1 is 1.37 bits per heavy atom. The molecule has 0 saturated heterocycles. The highest BCUT2D eigenvalue weighted by molar-refractivity contribution is 5.91. The van der Waals surface area contributed by atoms with Gasteiger partial charge in [0, 0.05) is 7.05 Å². The predicted octanol–water partition coefficient (Wildman–Crippen LogP) is 0.953. The summed E-state index contributed by atoms with van der Waals surface area (Å²) in [5, 5.41) is 9.80. The Morgan fingerprint density at radius 3 is 2.95 bits per heavy atom. The van der Waals surface area contributed by atoms with Gasteiger partial charge in [-0.3, -0.25) is 4.79 Å². The Morgan fingerprint density at radius 2 is 2.21 bits per heavy atom. The number of H-pyrrole nitrogens is 2. The minimum absolute atomic E-state index is 0.200. The number of nitrogens with one attached hydrogen (secondary N) is 2. The lowest BCUT2D eigenvalue weighted by Crippen LogP contribution is -2.27. The topological polar surface area (TPSA) is 90.6 Å². The van der Waals surface area contributed by atoms with Gasteiger partial charge in [0.15, 0.2) is 5.69 Å². The summed E-state index contributed by atoms with van der Waals surface area (Å²) < 4.78 is 0. The van der Waals surface area contributed by atoms with Crippen molar-refractivity contribution in [2.75, 3.05) is 7.05 Å². The van der Waals surface area contributed by atoms with Crippen LogP contribution in [0.25, 0.3) is 11.0 Å². The molecule has 0 fully saturated rings. The summed E-state index contributed by atoms with van der Waals surface area (Å²) in [6.07, 6.45) is 1.40. The molecule has 3 aromatic rings. The molecule has 96 valence electrons. The van der Waals surface area contributed by atoms with Crippen molar-refractivity contribution < 1.29 is 4.79 Å². The van der Waals surface area contributed by atoms with Crippen LogP contribution in [0, 0.1) is 0 Å². The number of rotatable bonds is 3. The SMILES string of the molecule is CN(Cc1nc2ccccc2[nH]1)C(=O)c1cn[nH]n1. The number of aromatic amines is 2. The number of nitrogens with zero attached hydrogens (tertiary/aromatic N) is 4. The van der Waals surface area contributed by atoms with Gasteiger partial charge in [0.2, 0.25) is 0 Å². The molecule has 0 aliphatic carbocycles. The van der Waals surface area contributed by atoms with E-state index in [4.69, 9.17) is 0 Å². The molecular weight excluding hydrogens is 244 g/mol. The third kappa shape index (κ3) is 2.17. The monoisotopic (exact) mass is 256 g/mol. The Balaban J connectivity index is 1.79. The average Bonchev–Trinajstić information content (AvgIpc) is 3.06. The first kappa shape index (κ1) is 11.4. The molecule has 1 aromatic carbocycles. The van der Waals surface area contributed by atoms with Crippen LogP contribution >= 0.6 is 0 Å². The van der Waals surface area contributed by atoms with E-state index in [1.165, 1.54) is 11.1 Å². The van der Waals surface area contributed by atoms with Crippen LogP contribution in [0.4, 0.5) is 0 Å². The van der Waals surface area contributed by atoms with Crippen molar-refractivity contribution in [1.29, 1.82) is 0 Å². The zero-order valence-corrected chi connectivity index (χ0v) is 10.3. The van der Waals surface area contributed by atoms with Crippen molar-refractivity contribution in [1.82, 2.24) is 30.3 Å². The lowest BCUT2D eigenvalue weighted by Gasteiger charge is -2.13. The first-order chi connectivity index (χ1) is 9.24. The fourth-order valence-corrected chi connectivity index (χ4v) is 1.88. The highest BCUT2D eigenvalue weighted by Gasteiger charge is 2.15. The second-order valence-electron chi connectivity index (χ2n) is 4.22. The Hall–Kier alpha value is -2.70. The number of hydrogen-bond acceptors (Lipinski definition) is 4. The van der Waals surface area contributed by atoms with Crippen LogP contribution in [-0.2, 0) is 6.54 Å². The van der Waals surface area contributed by atoms with E-state index in [9.17, 15) is 4.79 Å². The Labute approximate surface area is 108 Å².